The lowest BCUT2D eigenvalue weighted by molar-refractivity contribution is 1.49. The van der Waals surface area contributed by atoms with Crippen molar-refractivity contribution >= 4 is 18.6 Å². The highest BCUT2D eigenvalue weighted by atomic mass is 14.3. The Bertz CT molecular complexity index is 264. The maximum absolute atomic E-state index is 7.01. The molecule has 0 saturated heterocycles. The Hall–Kier alpha value is -1.77. The van der Waals surface area contributed by atoms with Crippen LogP contribution in [0, 0.1) is 16.2 Å². The van der Waals surface area contributed by atoms with E-state index in [4.69, 9.17) is 16.2 Å². The second kappa shape index (κ2) is 3.57. The zero-order valence-electron chi connectivity index (χ0n) is 6.46. The van der Waals surface area contributed by atoms with Crippen LogP contribution in [-0.4, -0.2) is 18.6 Å². The molecule has 0 unspecified atom stereocenters. The third-order valence-electron chi connectivity index (χ3n) is 1.50. The van der Waals surface area contributed by atoms with Crippen molar-refractivity contribution in [1.29, 1.82) is 16.2 Å². The predicted molar refractivity (Wildman–Crippen MR) is 50.1 cm³/mol. The third kappa shape index (κ3) is 1.63. The molecule has 3 N–H and O–H groups in total. The van der Waals surface area contributed by atoms with Gasteiger partial charge in [-0.3, -0.25) is 0 Å². The molecule has 3 heteroatoms. The highest BCUT2D eigenvalue weighted by molar-refractivity contribution is 5.89. The molecule has 0 atom stereocenters. The van der Waals surface area contributed by atoms with Crippen LogP contribution in [0.4, 0.5) is 0 Å². The van der Waals surface area contributed by atoms with Crippen molar-refractivity contribution in [2.45, 2.75) is 0 Å². The van der Waals surface area contributed by atoms with Crippen LogP contribution in [0.2, 0.25) is 0 Å². The van der Waals surface area contributed by atoms with Gasteiger partial charge in [-0.1, -0.05) is 0 Å². The van der Waals surface area contributed by atoms with Crippen molar-refractivity contribution in [3.8, 4) is 0 Å². The molecule has 0 fully saturated rings. The second-order valence-corrected chi connectivity index (χ2v) is 2.37. The summed E-state index contributed by atoms with van der Waals surface area (Å²) in [6.07, 6.45) is 3.62. The van der Waals surface area contributed by atoms with Crippen molar-refractivity contribution in [2.75, 3.05) is 0 Å². The average Bonchev–Trinajstić information content (AvgIpc) is 2.16. The molecule has 0 aromatic heterocycles. The minimum Gasteiger partial charge on any atom is -0.308 e. The molecule has 0 aliphatic carbocycles. The zero-order chi connectivity index (χ0) is 8.97. The van der Waals surface area contributed by atoms with Gasteiger partial charge in [0.05, 0.1) is 0 Å². The summed E-state index contributed by atoms with van der Waals surface area (Å²) in [5.74, 6) is 0. The van der Waals surface area contributed by atoms with Crippen molar-refractivity contribution in [1.82, 2.24) is 0 Å². The summed E-state index contributed by atoms with van der Waals surface area (Å²) in [6, 6.07) is 5.19. The third-order valence-corrected chi connectivity index (χ3v) is 1.50. The molecule has 0 spiro atoms. The average molecular weight is 159 g/mol. The van der Waals surface area contributed by atoms with Gasteiger partial charge in [0.2, 0.25) is 0 Å². The highest BCUT2D eigenvalue weighted by Crippen LogP contribution is 2.05. The SMILES string of the molecule is N=Cc1cc(C=N)cc(C=N)c1. The van der Waals surface area contributed by atoms with Crippen molar-refractivity contribution < 1.29 is 0 Å². The Balaban J connectivity index is 3.26. The van der Waals surface area contributed by atoms with Gasteiger partial charge >= 0.3 is 0 Å². The first-order valence-electron chi connectivity index (χ1n) is 3.46. The largest absolute Gasteiger partial charge is 0.308 e. The molecule has 0 aliphatic rings. The van der Waals surface area contributed by atoms with Gasteiger partial charge in [0.1, 0.15) is 0 Å². The Morgan fingerprint density at radius 3 is 1.08 bits per heavy atom. The summed E-state index contributed by atoms with van der Waals surface area (Å²) in [7, 11) is 0. The van der Waals surface area contributed by atoms with E-state index in [0.717, 1.165) is 16.7 Å². The molecule has 60 valence electrons. The molecular weight excluding hydrogens is 150 g/mol. The lowest BCUT2D eigenvalue weighted by atomic mass is 10.1. The van der Waals surface area contributed by atoms with E-state index in [1.165, 1.54) is 18.6 Å². The van der Waals surface area contributed by atoms with Crippen LogP contribution in [-0.2, 0) is 0 Å². The molecule has 12 heavy (non-hydrogen) atoms. The lowest BCUT2D eigenvalue weighted by Crippen LogP contribution is -1.89. The number of rotatable bonds is 3. The van der Waals surface area contributed by atoms with Crippen LogP contribution in [0.1, 0.15) is 16.7 Å². The molecule has 3 nitrogen and oxygen atoms in total. The molecule has 0 radical (unpaired) electrons. The van der Waals surface area contributed by atoms with Crippen LogP contribution < -0.4 is 0 Å². The minimum absolute atomic E-state index is 0.717. The van der Waals surface area contributed by atoms with Gasteiger partial charge in [0.25, 0.3) is 0 Å². The minimum atomic E-state index is 0.717. The highest BCUT2D eigenvalue weighted by Gasteiger charge is 1.94. The van der Waals surface area contributed by atoms with Gasteiger partial charge in [-0.05, 0) is 34.9 Å². The maximum atomic E-state index is 7.01. The van der Waals surface area contributed by atoms with Crippen LogP contribution in [0.3, 0.4) is 0 Å². The fourth-order valence-electron chi connectivity index (χ4n) is 0.952. The van der Waals surface area contributed by atoms with Gasteiger partial charge in [-0.25, -0.2) is 0 Å². The zero-order valence-corrected chi connectivity index (χ0v) is 6.46. The number of hydrogen-bond donors (Lipinski definition) is 3. The van der Waals surface area contributed by atoms with E-state index in [-0.39, 0.29) is 0 Å². The number of nitrogens with one attached hydrogen (secondary N) is 3. The van der Waals surface area contributed by atoms with E-state index in [2.05, 4.69) is 0 Å². The summed E-state index contributed by atoms with van der Waals surface area (Å²) in [4.78, 5) is 0. The number of benzene rings is 1. The van der Waals surface area contributed by atoms with Crippen molar-refractivity contribution in [2.24, 2.45) is 0 Å². The van der Waals surface area contributed by atoms with Crippen molar-refractivity contribution in [3.63, 3.8) is 0 Å². The van der Waals surface area contributed by atoms with Gasteiger partial charge < -0.3 is 16.2 Å². The smallest absolute Gasteiger partial charge is 0.0250 e. The summed E-state index contributed by atoms with van der Waals surface area (Å²) < 4.78 is 0. The topological polar surface area (TPSA) is 71.6 Å². The first kappa shape index (κ1) is 8.33. The first-order chi connectivity index (χ1) is 5.80. The first-order valence-corrected chi connectivity index (χ1v) is 3.46. The monoisotopic (exact) mass is 159 g/mol. The van der Waals surface area contributed by atoms with Crippen LogP contribution >= 0.6 is 0 Å². The Morgan fingerprint density at radius 2 is 0.917 bits per heavy atom. The predicted octanol–water partition coefficient (Wildman–Crippen LogP) is 1.68. The van der Waals surface area contributed by atoms with Crippen LogP contribution in [0.25, 0.3) is 0 Å². The Labute approximate surface area is 70.6 Å². The summed E-state index contributed by atoms with van der Waals surface area (Å²) in [6.45, 7) is 0. The molecule has 0 heterocycles. The lowest BCUT2D eigenvalue weighted by Gasteiger charge is -1.97. The molecular formula is C9H9N3. The molecule has 1 aromatic carbocycles. The maximum Gasteiger partial charge on any atom is 0.0250 e. The van der Waals surface area contributed by atoms with Gasteiger partial charge in [0, 0.05) is 18.6 Å². The fourth-order valence-corrected chi connectivity index (χ4v) is 0.952. The van der Waals surface area contributed by atoms with E-state index in [9.17, 15) is 0 Å². The van der Waals surface area contributed by atoms with Crippen molar-refractivity contribution in [3.05, 3.63) is 34.9 Å². The molecule has 0 saturated carbocycles. The van der Waals surface area contributed by atoms with Gasteiger partial charge in [0.15, 0.2) is 0 Å². The molecule has 0 amide bonds. The molecule has 1 rings (SSSR count). The summed E-state index contributed by atoms with van der Waals surface area (Å²) in [5, 5.41) is 21.0. The van der Waals surface area contributed by atoms with E-state index >= 15 is 0 Å². The van der Waals surface area contributed by atoms with Gasteiger partial charge in [-0.2, -0.15) is 0 Å². The van der Waals surface area contributed by atoms with E-state index in [1.807, 2.05) is 0 Å². The quantitative estimate of drug-likeness (QED) is 0.561. The number of hydrogen-bond acceptors (Lipinski definition) is 3. The van der Waals surface area contributed by atoms with E-state index in [1.54, 1.807) is 18.2 Å². The standard InChI is InChI=1S/C9H9N3/c10-4-7-1-8(5-11)3-9(2-7)6-12/h1-6,10-12H. The normalized spacial score (nSPS) is 9.00. The Morgan fingerprint density at radius 1 is 0.667 bits per heavy atom. The Kier molecular flexibility index (Phi) is 2.48. The summed E-state index contributed by atoms with van der Waals surface area (Å²) in [5.41, 5.74) is 2.15. The second-order valence-electron chi connectivity index (χ2n) is 2.37. The molecule has 0 bridgehead atoms. The molecule has 1 aromatic rings. The van der Waals surface area contributed by atoms with Crippen LogP contribution in [0.15, 0.2) is 18.2 Å². The molecule has 0 aliphatic heterocycles. The van der Waals surface area contributed by atoms with Crippen LogP contribution in [0.5, 0.6) is 0 Å². The fraction of sp³-hybridized carbons (Fsp3) is 0. The van der Waals surface area contributed by atoms with E-state index in [0.29, 0.717) is 0 Å². The van der Waals surface area contributed by atoms with Gasteiger partial charge in [-0.15, -0.1) is 0 Å². The van der Waals surface area contributed by atoms with E-state index < -0.39 is 0 Å². The summed E-state index contributed by atoms with van der Waals surface area (Å²) >= 11 is 0.